The van der Waals surface area contributed by atoms with Crippen LogP contribution in [0, 0.1) is 11.8 Å². The molecular formula is C11H25N3. The highest BCUT2D eigenvalue weighted by molar-refractivity contribution is 4.75. The first kappa shape index (κ1) is 12.0. The van der Waals surface area contributed by atoms with Gasteiger partial charge in [-0.3, -0.25) is 0 Å². The summed E-state index contributed by atoms with van der Waals surface area (Å²) in [7, 11) is 2.20. The molecule has 0 radical (unpaired) electrons. The van der Waals surface area contributed by atoms with Crippen molar-refractivity contribution in [1.29, 1.82) is 0 Å². The number of likely N-dealkylation sites (tertiary alicyclic amines) is 1. The Morgan fingerprint density at radius 2 is 2.36 bits per heavy atom. The van der Waals surface area contributed by atoms with Gasteiger partial charge >= 0.3 is 0 Å². The van der Waals surface area contributed by atoms with Crippen molar-refractivity contribution in [2.45, 2.75) is 19.8 Å². The Bertz CT molecular complexity index is 145. The molecular weight excluding hydrogens is 174 g/mol. The summed E-state index contributed by atoms with van der Waals surface area (Å²) in [6, 6.07) is 0. The zero-order valence-corrected chi connectivity index (χ0v) is 9.63. The van der Waals surface area contributed by atoms with E-state index in [1.54, 1.807) is 0 Å². The summed E-state index contributed by atoms with van der Waals surface area (Å²) in [5.74, 6) is 1.52. The number of rotatable bonds is 6. The van der Waals surface area contributed by atoms with E-state index in [2.05, 4.69) is 24.2 Å². The van der Waals surface area contributed by atoms with Gasteiger partial charge in [-0.25, -0.2) is 0 Å². The standard InChI is InChI=1S/C11H25N3/c1-3-10(6-12)7-13-8-11-4-5-14(2)9-11/h10-11,13H,3-9,12H2,1-2H3. The van der Waals surface area contributed by atoms with E-state index < -0.39 is 0 Å². The smallest absolute Gasteiger partial charge is 0.00192 e. The molecule has 1 heterocycles. The van der Waals surface area contributed by atoms with Crippen LogP contribution in [0.2, 0.25) is 0 Å². The van der Waals surface area contributed by atoms with E-state index in [0.29, 0.717) is 5.92 Å². The monoisotopic (exact) mass is 199 g/mol. The molecule has 1 aliphatic heterocycles. The van der Waals surface area contributed by atoms with Gasteiger partial charge in [0.15, 0.2) is 0 Å². The molecule has 0 amide bonds. The van der Waals surface area contributed by atoms with E-state index in [9.17, 15) is 0 Å². The second-order valence-electron chi connectivity index (χ2n) is 4.59. The molecule has 0 aromatic carbocycles. The maximum atomic E-state index is 5.65. The van der Waals surface area contributed by atoms with Crippen LogP contribution in [0.15, 0.2) is 0 Å². The van der Waals surface area contributed by atoms with E-state index in [0.717, 1.165) is 19.0 Å². The Morgan fingerprint density at radius 1 is 1.57 bits per heavy atom. The summed E-state index contributed by atoms with van der Waals surface area (Å²) in [5.41, 5.74) is 5.65. The summed E-state index contributed by atoms with van der Waals surface area (Å²) in [6.07, 6.45) is 2.54. The van der Waals surface area contributed by atoms with Gasteiger partial charge in [0.05, 0.1) is 0 Å². The first-order chi connectivity index (χ1) is 6.76. The quantitative estimate of drug-likeness (QED) is 0.655. The van der Waals surface area contributed by atoms with E-state index in [-0.39, 0.29) is 0 Å². The molecule has 3 heteroatoms. The summed E-state index contributed by atoms with van der Waals surface area (Å²) >= 11 is 0. The van der Waals surface area contributed by atoms with Gasteiger partial charge in [-0.05, 0) is 51.5 Å². The SMILES string of the molecule is CCC(CN)CNCC1CCN(C)C1. The Hall–Kier alpha value is -0.120. The van der Waals surface area contributed by atoms with Crippen molar-refractivity contribution in [2.24, 2.45) is 17.6 Å². The third kappa shape index (κ3) is 3.95. The fraction of sp³-hybridized carbons (Fsp3) is 1.00. The molecule has 0 aliphatic carbocycles. The number of hydrogen-bond donors (Lipinski definition) is 2. The Labute approximate surface area is 88.0 Å². The summed E-state index contributed by atoms with van der Waals surface area (Å²) in [6.45, 7) is 7.80. The molecule has 0 spiro atoms. The highest BCUT2D eigenvalue weighted by atomic mass is 15.1. The van der Waals surface area contributed by atoms with Crippen molar-refractivity contribution in [2.75, 3.05) is 39.8 Å². The molecule has 2 atom stereocenters. The normalized spacial score (nSPS) is 25.5. The van der Waals surface area contributed by atoms with Crippen LogP contribution in [-0.2, 0) is 0 Å². The second-order valence-corrected chi connectivity index (χ2v) is 4.59. The van der Waals surface area contributed by atoms with Gasteiger partial charge in [0, 0.05) is 6.54 Å². The Kier molecular flexibility index (Phi) is 5.45. The van der Waals surface area contributed by atoms with Crippen LogP contribution in [0.25, 0.3) is 0 Å². The largest absolute Gasteiger partial charge is 0.330 e. The molecule has 0 bridgehead atoms. The predicted octanol–water partition coefficient (Wildman–Crippen LogP) is 0.513. The van der Waals surface area contributed by atoms with E-state index in [1.165, 1.54) is 32.5 Å². The van der Waals surface area contributed by atoms with Crippen molar-refractivity contribution < 1.29 is 0 Å². The third-order valence-electron chi connectivity index (χ3n) is 3.27. The summed E-state index contributed by atoms with van der Waals surface area (Å²) < 4.78 is 0. The zero-order valence-electron chi connectivity index (χ0n) is 9.63. The van der Waals surface area contributed by atoms with E-state index >= 15 is 0 Å². The highest BCUT2D eigenvalue weighted by Crippen LogP contribution is 2.12. The minimum Gasteiger partial charge on any atom is -0.330 e. The average Bonchev–Trinajstić information content (AvgIpc) is 2.59. The lowest BCUT2D eigenvalue weighted by Gasteiger charge is -2.16. The summed E-state index contributed by atoms with van der Waals surface area (Å²) in [5, 5.41) is 3.54. The van der Waals surface area contributed by atoms with E-state index in [4.69, 9.17) is 5.73 Å². The zero-order chi connectivity index (χ0) is 10.4. The average molecular weight is 199 g/mol. The van der Waals surface area contributed by atoms with Gasteiger partial charge < -0.3 is 16.0 Å². The first-order valence-electron chi connectivity index (χ1n) is 5.85. The Morgan fingerprint density at radius 3 is 2.86 bits per heavy atom. The van der Waals surface area contributed by atoms with Crippen LogP contribution < -0.4 is 11.1 Å². The predicted molar refractivity (Wildman–Crippen MR) is 61.3 cm³/mol. The molecule has 14 heavy (non-hydrogen) atoms. The maximum Gasteiger partial charge on any atom is 0.00192 e. The molecule has 1 fully saturated rings. The fourth-order valence-electron chi connectivity index (χ4n) is 2.08. The minimum atomic E-state index is 0.661. The van der Waals surface area contributed by atoms with Crippen molar-refractivity contribution in [3.8, 4) is 0 Å². The van der Waals surface area contributed by atoms with Crippen molar-refractivity contribution in [3.05, 3.63) is 0 Å². The molecule has 0 aromatic rings. The van der Waals surface area contributed by atoms with Crippen molar-refractivity contribution in [3.63, 3.8) is 0 Å². The third-order valence-corrected chi connectivity index (χ3v) is 3.27. The first-order valence-corrected chi connectivity index (χ1v) is 5.85. The minimum absolute atomic E-state index is 0.661. The fourth-order valence-corrected chi connectivity index (χ4v) is 2.08. The van der Waals surface area contributed by atoms with Crippen LogP contribution >= 0.6 is 0 Å². The molecule has 0 saturated carbocycles. The van der Waals surface area contributed by atoms with Crippen LogP contribution in [0.4, 0.5) is 0 Å². The molecule has 1 saturated heterocycles. The van der Waals surface area contributed by atoms with Gasteiger partial charge in [0.25, 0.3) is 0 Å². The van der Waals surface area contributed by atoms with Gasteiger partial charge in [0.1, 0.15) is 0 Å². The lowest BCUT2D eigenvalue weighted by Crippen LogP contribution is -2.32. The van der Waals surface area contributed by atoms with Gasteiger partial charge in [0.2, 0.25) is 0 Å². The lowest BCUT2D eigenvalue weighted by molar-refractivity contribution is 0.379. The second kappa shape index (κ2) is 6.38. The topological polar surface area (TPSA) is 41.3 Å². The van der Waals surface area contributed by atoms with Gasteiger partial charge in [-0.15, -0.1) is 0 Å². The highest BCUT2D eigenvalue weighted by Gasteiger charge is 2.18. The van der Waals surface area contributed by atoms with Gasteiger partial charge in [-0.2, -0.15) is 0 Å². The number of nitrogens with zero attached hydrogens (tertiary/aromatic N) is 1. The van der Waals surface area contributed by atoms with Crippen LogP contribution in [-0.4, -0.2) is 44.7 Å². The number of hydrogen-bond acceptors (Lipinski definition) is 3. The molecule has 2 unspecified atom stereocenters. The van der Waals surface area contributed by atoms with Gasteiger partial charge in [-0.1, -0.05) is 13.3 Å². The Balaban J connectivity index is 2.03. The lowest BCUT2D eigenvalue weighted by atomic mass is 10.1. The van der Waals surface area contributed by atoms with Crippen LogP contribution in [0.1, 0.15) is 19.8 Å². The van der Waals surface area contributed by atoms with Crippen molar-refractivity contribution >= 4 is 0 Å². The van der Waals surface area contributed by atoms with Crippen LogP contribution in [0.3, 0.4) is 0 Å². The molecule has 1 aliphatic rings. The molecule has 3 nitrogen and oxygen atoms in total. The summed E-state index contributed by atoms with van der Waals surface area (Å²) in [4.78, 5) is 2.41. The molecule has 1 rings (SSSR count). The number of nitrogens with two attached hydrogens (primary N) is 1. The van der Waals surface area contributed by atoms with Crippen molar-refractivity contribution in [1.82, 2.24) is 10.2 Å². The molecule has 0 aromatic heterocycles. The molecule has 3 N–H and O–H groups in total. The van der Waals surface area contributed by atoms with Crippen LogP contribution in [0.5, 0.6) is 0 Å². The number of nitrogens with one attached hydrogen (secondary N) is 1. The van der Waals surface area contributed by atoms with E-state index in [1.807, 2.05) is 0 Å². The maximum absolute atomic E-state index is 5.65. The molecule has 84 valence electrons.